The molecule has 0 saturated carbocycles. The summed E-state index contributed by atoms with van der Waals surface area (Å²) in [6, 6.07) is -1.40. The maximum atomic E-state index is 12.1. The number of hydrogen-bond acceptors (Lipinski definition) is 4. The highest BCUT2D eigenvalue weighted by molar-refractivity contribution is 5.83. The summed E-state index contributed by atoms with van der Waals surface area (Å²) in [4.78, 5) is 37.3. The Hall–Kier alpha value is -1.83. The smallest absolute Gasteiger partial charge is 0.326 e. The minimum absolute atomic E-state index is 0.128. The van der Waals surface area contributed by atoms with Crippen LogP contribution in [-0.2, 0) is 9.59 Å². The molecule has 0 aromatic heterocycles. The maximum absolute atomic E-state index is 12.1. The van der Waals surface area contributed by atoms with E-state index in [0.717, 1.165) is 0 Å². The van der Waals surface area contributed by atoms with Crippen LogP contribution in [0.5, 0.6) is 0 Å². The molecule has 1 heterocycles. The molecule has 3 atom stereocenters. The molecule has 1 fully saturated rings. The SMILES string of the molecule is CC1CN(C(=O)NC(CCC(=O)O)C(=O)O)CC1N(C)C. The topological polar surface area (TPSA) is 110 Å². The van der Waals surface area contributed by atoms with E-state index in [9.17, 15) is 14.4 Å². The first-order valence-electron chi connectivity index (χ1n) is 6.88. The van der Waals surface area contributed by atoms with Gasteiger partial charge in [0.05, 0.1) is 0 Å². The molecular formula is C13H23N3O5. The van der Waals surface area contributed by atoms with E-state index in [1.807, 2.05) is 25.9 Å². The fourth-order valence-electron chi connectivity index (χ4n) is 2.55. The molecular weight excluding hydrogens is 278 g/mol. The lowest BCUT2D eigenvalue weighted by Crippen LogP contribution is -2.48. The molecule has 0 aliphatic carbocycles. The van der Waals surface area contributed by atoms with Crippen molar-refractivity contribution in [3.8, 4) is 0 Å². The minimum Gasteiger partial charge on any atom is -0.481 e. The predicted molar refractivity (Wildman–Crippen MR) is 75.0 cm³/mol. The summed E-state index contributed by atoms with van der Waals surface area (Å²) in [6.45, 7) is 3.13. The second kappa shape index (κ2) is 7.26. The van der Waals surface area contributed by atoms with Gasteiger partial charge in [-0.1, -0.05) is 6.92 Å². The van der Waals surface area contributed by atoms with Gasteiger partial charge in [0.2, 0.25) is 0 Å². The lowest BCUT2D eigenvalue weighted by atomic mass is 10.1. The van der Waals surface area contributed by atoms with E-state index >= 15 is 0 Å². The highest BCUT2D eigenvalue weighted by Crippen LogP contribution is 2.20. The highest BCUT2D eigenvalue weighted by atomic mass is 16.4. The van der Waals surface area contributed by atoms with Gasteiger partial charge in [-0.05, 0) is 26.4 Å². The summed E-state index contributed by atoms with van der Waals surface area (Å²) in [5.41, 5.74) is 0. The van der Waals surface area contributed by atoms with E-state index in [4.69, 9.17) is 10.2 Å². The Morgan fingerprint density at radius 1 is 1.29 bits per heavy atom. The fourth-order valence-corrected chi connectivity index (χ4v) is 2.55. The third kappa shape index (κ3) is 4.89. The quantitative estimate of drug-likeness (QED) is 0.632. The van der Waals surface area contributed by atoms with Crippen LogP contribution in [-0.4, -0.2) is 77.3 Å². The molecule has 1 aliphatic heterocycles. The number of carboxylic acids is 2. The number of likely N-dealkylation sites (tertiary alicyclic amines) is 1. The number of aliphatic carboxylic acids is 2. The van der Waals surface area contributed by atoms with Gasteiger partial charge in [-0.2, -0.15) is 0 Å². The van der Waals surface area contributed by atoms with Crippen LogP contribution >= 0.6 is 0 Å². The Bertz CT molecular complexity index is 413. The lowest BCUT2D eigenvalue weighted by Gasteiger charge is -2.23. The van der Waals surface area contributed by atoms with Crippen LogP contribution in [0.4, 0.5) is 4.79 Å². The Labute approximate surface area is 123 Å². The molecule has 0 spiro atoms. The molecule has 1 rings (SSSR count). The minimum atomic E-state index is -1.22. The summed E-state index contributed by atoms with van der Waals surface area (Å²) >= 11 is 0. The van der Waals surface area contributed by atoms with E-state index in [0.29, 0.717) is 19.0 Å². The standard InChI is InChI=1S/C13H23N3O5/c1-8-6-16(7-10(8)15(2)3)13(21)14-9(12(19)20)4-5-11(17)18/h8-10H,4-7H2,1-3H3,(H,14,21)(H,17,18)(H,19,20). The largest absolute Gasteiger partial charge is 0.481 e. The summed E-state index contributed by atoms with van der Waals surface area (Å²) in [7, 11) is 3.88. The second-order valence-corrected chi connectivity index (χ2v) is 5.69. The molecule has 21 heavy (non-hydrogen) atoms. The lowest BCUT2D eigenvalue weighted by molar-refractivity contribution is -0.140. The molecule has 8 heteroatoms. The van der Waals surface area contributed by atoms with Crippen molar-refractivity contribution in [2.24, 2.45) is 5.92 Å². The fraction of sp³-hybridized carbons (Fsp3) is 0.769. The zero-order valence-electron chi connectivity index (χ0n) is 12.6. The second-order valence-electron chi connectivity index (χ2n) is 5.69. The van der Waals surface area contributed by atoms with E-state index < -0.39 is 24.0 Å². The molecule has 0 aromatic carbocycles. The molecule has 0 aromatic rings. The molecule has 8 nitrogen and oxygen atoms in total. The van der Waals surface area contributed by atoms with Gasteiger partial charge in [-0.15, -0.1) is 0 Å². The Balaban J connectivity index is 2.58. The molecule has 1 saturated heterocycles. The third-order valence-electron chi connectivity index (χ3n) is 3.77. The van der Waals surface area contributed by atoms with Gasteiger partial charge >= 0.3 is 18.0 Å². The maximum Gasteiger partial charge on any atom is 0.326 e. The number of hydrogen-bond donors (Lipinski definition) is 3. The Morgan fingerprint density at radius 3 is 2.33 bits per heavy atom. The van der Waals surface area contributed by atoms with Gasteiger partial charge < -0.3 is 25.3 Å². The molecule has 1 aliphatic rings. The Morgan fingerprint density at radius 2 is 1.90 bits per heavy atom. The molecule has 3 unspecified atom stereocenters. The Kier molecular flexibility index (Phi) is 5.95. The van der Waals surface area contributed by atoms with Crippen molar-refractivity contribution in [2.75, 3.05) is 27.2 Å². The number of carbonyl (C=O) groups excluding carboxylic acids is 1. The van der Waals surface area contributed by atoms with Crippen molar-refractivity contribution in [3.05, 3.63) is 0 Å². The van der Waals surface area contributed by atoms with Gasteiger partial charge in [-0.3, -0.25) is 4.79 Å². The van der Waals surface area contributed by atoms with Crippen LogP contribution in [0.15, 0.2) is 0 Å². The number of rotatable bonds is 6. The molecule has 0 radical (unpaired) electrons. The zero-order valence-corrected chi connectivity index (χ0v) is 12.6. The van der Waals surface area contributed by atoms with Gasteiger partial charge in [0.25, 0.3) is 0 Å². The predicted octanol–water partition coefficient (Wildman–Crippen LogP) is -0.104. The van der Waals surface area contributed by atoms with Crippen molar-refractivity contribution in [2.45, 2.75) is 31.8 Å². The van der Waals surface area contributed by atoms with Crippen molar-refractivity contribution in [1.29, 1.82) is 0 Å². The summed E-state index contributed by atoms with van der Waals surface area (Å²) < 4.78 is 0. The van der Waals surface area contributed by atoms with Crippen molar-refractivity contribution >= 4 is 18.0 Å². The number of nitrogens with one attached hydrogen (secondary N) is 1. The summed E-state index contributed by atoms with van der Waals surface area (Å²) in [6.07, 6.45) is -0.426. The van der Waals surface area contributed by atoms with Crippen LogP contribution in [0.3, 0.4) is 0 Å². The van der Waals surface area contributed by atoms with E-state index in [2.05, 4.69) is 5.32 Å². The van der Waals surface area contributed by atoms with Crippen molar-refractivity contribution < 1.29 is 24.6 Å². The van der Waals surface area contributed by atoms with Gasteiger partial charge in [0, 0.05) is 25.6 Å². The molecule has 0 bridgehead atoms. The zero-order chi connectivity index (χ0) is 16.2. The number of carboxylic acid groups (broad SMARTS) is 2. The van der Waals surface area contributed by atoms with Crippen LogP contribution < -0.4 is 5.32 Å². The first-order valence-corrected chi connectivity index (χ1v) is 6.88. The van der Waals surface area contributed by atoms with Crippen LogP contribution in [0.2, 0.25) is 0 Å². The third-order valence-corrected chi connectivity index (χ3v) is 3.77. The van der Waals surface area contributed by atoms with E-state index in [1.54, 1.807) is 4.90 Å². The number of amides is 2. The summed E-state index contributed by atoms with van der Waals surface area (Å²) in [5.74, 6) is -2.01. The van der Waals surface area contributed by atoms with Gasteiger partial charge in [0.1, 0.15) is 6.04 Å². The van der Waals surface area contributed by atoms with Crippen LogP contribution in [0, 0.1) is 5.92 Å². The van der Waals surface area contributed by atoms with E-state index in [1.165, 1.54) is 0 Å². The number of likely N-dealkylation sites (N-methyl/N-ethyl adjacent to an activating group) is 1. The normalized spacial score (nSPS) is 23.1. The average molecular weight is 301 g/mol. The van der Waals surface area contributed by atoms with Crippen LogP contribution in [0.25, 0.3) is 0 Å². The highest BCUT2D eigenvalue weighted by Gasteiger charge is 2.34. The molecule has 2 amide bonds. The number of urea groups is 1. The molecule has 120 valence electrons. The first-order chi connectivity index (χ1) is 9.72. The first kappa shape index (κ1) is 17.2. The number of nitrogens with zero attached hydrogens (tertiary/aromatic N) is 2. The monoisotopic (exact) mass is 301 g/mol. The van der Waals surface area contributed by atoms with Gasteiger partial charge in [0.15, 0.2) is 0 Å². The van der Waals surface area contributed by atoms with Crippen molar-refractivity contribution in [1.82, 2.24) is 15.1 Å². The van der Waals surface area contributed by atoms with Crippen LogP contribution in [0.1, 0.15) is 19.8 Å². The van der Waals surface area contributed by atoms with E-state index in [-0.39, 0.29) is 18.9 Å². The van der Waals surface area contributed by atoms with Crippen molar-refractivity contribution in [3.63, 3.8) is 0 Å². The summed E-state index contributed by atoms with van der Waals surface area (Å²) in [5, 5.41) is 20.0. The average Bonchev–Trinajstić information content (AvgIpc) is 2.75. The molecule has 3 N–H and O–H groups in total. The number of carbonyl (C=O) groups is 3. The van der Waals surface area contributed by atoms with Gasteiger partial charge in [-0.25, -0.2) is 9.59 Å².